The van der Waals surface area contributed by atoms with Gasteiger partial charge >= 0.3 is 5.97 Å². The Morgan fingerprint density at radius 2 is 1.83 bits per heavy atom. The van der Waals surface area contributed by atoms with Gasteiger partial charge in [0.1, 0.15) is 13.7 Å². The van der Waals surface area contributed by atoms with Crippen molar-refractivity contribution in [1.29, 1.82) is 0 Å². The van der Waals surface area contributed by atoms with E-state index in [1.807, 2.05) is 18.2 Å². The summed E-state index contributed by atoms with van der Waals surface area (Å²) in [7, 11) is 1.34. The van der Waals surface area contributed by atoms with Crippen LogP contribution in [0.15, 0.2) is 58.8 Å². The van der Waals surface area contributed by atoms with E-state index in [9.17, 15) is 4.79 Å². The average Bonchev–Trinajstić information content (AvgIpc) is 2.71. The summed E-state index contributed by atoms with van der Waals surface area (Å²) in [5.74, 6) is -0.579. The smallest absolute Gasteiger partial charge is 0.360 e. The molecule has 0 unspecified atom stereocenters. The zero-order valence-corrected chi connectivity index (χ0v) is 18.6. The van der Waals surface area contributed by atoms with E-state index >= 15 is 0 Å². The molecule has 0 saturated carbocycles. The molecule has 2 rings (SSSR count). The van der Waals surface area contributed by atoms with Gasteiger partial charge in [0.15, 0.2) is 5.71 Å². The van der Waals surface area contributed by atoms with E-state index in [0.717, 1.165) is 5.56 Å². The molecular weight excluding hydrogens is 384 g/mol. The van der Waals surface area contributed by atoms with Crippen LogP contribution in [0.2, 0.25) is 19.6 Å². The van der Waals surface area contributed by atoms with Crippen LogP contribution in [0.3, 0.4) is 0 Å². The normalized spacial score (nSPS) is 12.1. The Hall–Kier alpha value is -2.93. The number of ether oxygens (including phenoxy) is 1. The molecule has 154 valence electrons. The summed E-state index contributed by atoms with van der Waals surface area (Å²) in [5, 5.41) is 9.28. The number of hydrogen-bond donors (Lipinski definition) is 0. The molecule has 6 nitrogen and oxygen atoms in total. The Kier molecular flexibility index (Phi) is 8.15. The molecule has 2 aromatic rings. The van der Waals surface area contributed by atoms with Crippen LogP contribution in [0.5, 0.6) is 0 Å². The third kappa shape index (κ3) is 6.57. The minimum atomic E-state index is -1.33. The summed E-state index contributed by atoms with van der Waals surface area (Å²) in [6.07, 6.45) is 2.44. The molecule has 7 heteroatoms. The quantitative estimate of drug-likeness (QED) is 0.274. The zero-order chi connectivity index (χ0) is 21.3. The van der Waals surface area contributed by atoms with Crippen molar-refractivity contribution in [2.75, 3.05) is 14.2 Å². The Bertz CT molecular complexity index is 888. The van der Waals surface area contributed by atoms with E-state index in [-0.39, 0.29) is 12.3 Å². The van der Waals surface area contributed by atoms with Crippen LogP contribution in [0.25, 0.3) is 0 Å². The highest BCUT2D eigenvalue weighted by Crippen LogP contribution is 2.13. The summed E-state index contributed by atoms with van der Waals surface area (Å²) in [4.78, 5) is 22.2. The number of nitrogens with zero attached hydrogens (tertiary/aromatic N) is 2. The molecule has 0 amide bonds. The lowest BCUT2D eigenvalue weighted by Crippen LogP contribution is -2.37. The van der Waals surface area contributed by atoms with Crippen molar-refractivity contribution < 1.29 is 19.2 Å². The monoisotopic (exact) mass is 412 g/mol. The minimum absolute atomic E-state index is 0.0846. The molecule has 0 aliphatic heterocycles. The Morgan fingerprint density at radius 1 is 1.07 bits per heavy atom. The first-order valence-corrected chi connectivity index (χ1v) is 12.9. The lowest BCUT2D eigenvalue weighted by atomic mass is 10.0. The first-order valence-electron chi connectivity index (χ1n) is 9.37. The fourth-order valence-electron chi connectivity index (χ4n) is 2.73. The molecule has 0 aromatic heterocycles. The zero-order valence-electron chi connectivity index (χ0n) is 17.6. The predicted molar refractivity (Wildman–Crippen MR) is 118 cm³/mol. The van der Waals surface area contributed by atoms with Crippen LogP contribution < -0.4 is 5.19 Å². The van der Waals surface area contributed by atoms with Crippen molar-refractivity contribution >= 4 is 31.2 Å². The van der Waals surface area contributed by atoms with E-state index in [1.165, 1.54) is 25.0 Å². The van der Waals surface area contributed by atoms with Crippen molar-refractivity contribution in [1.82, 2.24) is 0 Å². The van der Waals surface area contributed by atoms with Gasteiger partial charge in [0.25, 0.3) is 0 Å². The average molecular weight is 413 g/mol. The van der Waals surface area contributed by atoms with Crippen LogP contribution in [0, 0.1) is 0 Å². The second-order valence-corrected chi connectivity index (χ2v) is 12.6. The number of hydrogen-bond acceptors (Lipinski definition) is 6. The van der Waals surface area contributed by atoms with Crippen LogP contribution in [-0.2, 0) is 32.2 Å². The largest absolute Gasteiger partial charge is 0.464 e. The molecule has 0 aliphatic carbocycles. The second-order valence-electron chi connectivity index (χ2n) is 7.49. The maximum absolute atomic E-state index is 12.0. The number of rotatable bonds is 9. The van der Waals surface area contributed by atoms with Crippen LogP contribution in [0.4, 0.5) is 0 Å². The Morgan fingerprint density at radius 3 is 2.52 bits per heavy atom. The van der Waals surface area contributed by atoms with Gasteiger partial charge in [-0.1, -0.05) is 83.7 Å². The number of carbonyl (C=O) groups is 1. The summed E-state index contributed by atoms with van der Waals surface area (Å²) in [5.41, 5.74) is 2.63. The van der Waals surface area contributed by atoms with Crippen LogP contribution in [0.1, 0.15) is 16.7 Å². The number of methoxy groups -OCH3 is 1. The van der Waals surface area contributed by atoms with Gasteiger partial charge in [-0.2, -0.15) is 0 Å². The molecule has 2 aromatic carbocycles. The van der Waals surface area contributed by atoms with Gasteiger partial charge in [0.2, 0.25) is 0 Å². The molecule has 0 heterocycles. The molecule has 29 heavy (non-hydrogen) atoms. The first-order chi connectivity index (χ1) is 13.9. The predicted octanol–water partition coefficient (Wildman–Crippen LogP) is 3.50. The summed E-state index contributed by atoms with van der Waals surface area (Å²) in [6.45, 7) is 7.18. The van der Waals surface area contributed by atoms with Crippen molar-refractivity contribution in [2.45, 2.75) is 32.7 Å². The Balaban J connectivity index is 2.03. The number of esters is 1. The fraction of sp³-hybridized carbons (Fsp3) is 0.318. The number of oxime groups is 2. The second kappa shape index (κ2) is 10.6. The molecule has 0 radical (unpaired) electrons. The molecule has 0 fully saturated rings. The highest BCUT2D eigenvalue weighted by atomic mass is 28.3. The molecule has 0 saturated heterocycles. The molecule has 0 N–H and O–H groups in total. The van der Waals surface area contributed by atoms with Gasteiger partial charge in [-0.25, -0.2) is 4.79 Å². The van der Waals surface area contributed by atoms with Crippen LogP contribution in [-0.4, -0.2) is 40.2 Å². The van der Waals surface area contributed by atoms with Gasteiger partial charge in [0.05, 0.1) is 15.2 Å². The molecular formula is C22H28N2O4Si. The van der Waals surface area contributed by atoms with Gasteiger partial charge in [-0.05, 0) is 5.56 Å². The summed E-state index contributed by atoms with van der Waals surface area (Å²) in [6, 6.07) is 15.9. The Labute approximate surface area is 173 Å². The fourth-order valence-corrected chi connectivity index (χ4v) is 3.94. The third-order valence-corrected chi connectivity index (χ3v) is 6.37. The molecule has 0 aliphatic rings. The highest BCUT2D eigenvalue weighted by molar-refractivity contribution is 6.88. The van der Waals surface area contributed by atoms with Crippen molar-refractivity contribution in [3.63, 3.8) is 0 Å². The molecule has 0 bridgehead atoms. The van der Waals surface area contributed by atoms with Gasteiger partial charge < -0.3 is 14.4 Å². The van der Waals surface area contributed by atoms with Crippen molar-refractivity contribution in [3.8, 4) is 0 Å². The summed E-state index contributed by atoms with van der Waals surface area (Å²) < 4.78 is 4.78. The highest BCUT2D eigenvalue weighted by Gasteiger charge is 2.19. The van der Waals surface area contributed by atoms with E-state index in [0.29, 0.717) is 12.0 Å². The lowest BCUT2D eigenvalue weighted by molar-refractivity contribution is -0.132. The van der Waals surface area contributed by atoms with E-state index in [2.05, 4.69) is 54.2 Å². The van der Waals surface area contributed by atoms with Crippen LogP contribution >= 0.6 is 0 Å². The first kappa shape index (κ1) is 22.4. The molecule has 0 spiro atoms. The van der Waals surface area contributed by atoms with Gasteiger partial charge in [0, 0.05) is 23.8 Å². The van der Waals surface area contributed by atoms with E-state index < -0.39 is 14.0 Å². The van der Waals surface area contributed by atoms with Gasteiger partial charge in [-0.3, -0.25) is 0 Å². The molecule has 0 atom stereocenters. The maximum atomic E-state index is 12.0. The van der Waals surface area contributed by atoms with Crippen molar-refractivity contribution in [2.24, 2.45) is 10.3 Å². The number of carbonyl (C=O) groups excluding carboxylic acids is 1. The number of benzene rings is 2. The standard InChI is InChI=1S/C22H28N2O4Si/c1-26-22(25)21(24-27-2)20-12-7-6-10-18(20)16-28-23-14-13-17-9-8-11-19(15-17)29(3,4)5/h6-12,14-15H,13,16H2,1-5H3. The SMILES string of the molecule is CON=C(C(=O)OC)c1ccccc1CON=CCc1cccc([Si](C)(C)C)c1. The third-order valence-electron chi connectivity index (χ3n) is 4.32. The minimum Gasteiger partial charge on any atom is -0.464 e. The maximum Gasteiger partial charge on any atom is 0.360 e. The van der Waals surface area contributed by atoms with E-state index in [1.54, 1.807) is 12.3 Å². The topological polar surface area (TPSA) is 69.5 Å². The van der Waals surface area contributed by atoms with Gasteiger partial charge in [-0.15, -0.1) is 0 Å². The summed E-state index contributed by atoms with van der Waals surface area (Å²) >= 11 is 0. The van der Waals surface area contributed by atoms with Crippen molar-refractivity contribution in [3.05, 3.63) is 65.2 Å². The van der Waals surface area contributed by atoms with E-state index in [4.69, 9.17) is 14.4 Å². The lowest BCUT2D eigenvalue weighted by Gasteiger charge is -2.17.